The van der Waals surface area contributed by atoms with E-state index >= 15 is 0 Å². The third kappa shape index (κ3) is 4.59. The zero-order valence-electron chi connectivity index (χ0n) is 13.0. The van der Waals surface area contributed by atoms with Gasteiger partial charge in [0.1, 0.15) is 5.82 Å². The van der Waals surface area contributed by atoms with Crippen LogP contribution in [0.1, 0.15) is 27.9 Å². The summed E-state index contributed by atoms with van der Waals surface area (Å²) in [5, 5.41) is 12.0. The number of halogens is 4. The van der Waals surface area contributed by atoms with E-state index in [0.29, 0.717) is 30.2 Å². The summed E-state index contributed by atoms with van der Waals surface area (Å²) in [6.45, 7) is 3.58. The van der Waals surface area contributed by atoms with Crippen LogP contribution in [0, 0.1) is 5.82 Å². The van der Waals surface area contributed by atoms with Crippen LogP contribution in [-0.4, -0.2) is 11.1 Å². The van der Waals surface area contributed by atoms with Gasteiger partial charge in [0, 0.05) is 5.69 Å². The minimum Gasteiger partial charge on any atom is -0.478 e. The fraction of sp³-hybridized carbons (Fsp3) is 0.167. The summed E-state index contributed by atoms with van der Waals surface area (Å²) in [5.41, 5.74) is -0.594. The lowest BCUT2D eigenvalue weighted by Gasteiger charge is -2.15. The van der Waals surface area contributed by atoms with E-state index in [2.05, 4.69) is 11.9 Å². The highest BCUT2D eigenvalue weighted by Gasteiger charge is 2.31. The Hall–Kier alpha value is -2.83. The van der Waals surface area contributed by atoms with Gasteiger partial charge >= 0.3 is 12.1 Å². The molecule has 25 heavy (non-hydrogen) atoms. The molecule has 0 aliphatic carbocycles. The first-order valence-corrected chi connectivity index (χ1v) is 7.33. The van der Waals surface area contributed by atoms with Gasteiger partial charge in [-0.05, 0) is 54.8 Å². The number of hydrogen-bond donors (Lipinski definition) is 2. The van der Waals surface area contributed by atoms with Gasteiger partial charge in [0.15, 0.2) is 0 Å². The van der Waals surface area contributed by atoms with Crippen molar-refractivity contribution in [1.29, 1.82) is 0 Å². The molecule has 0 fully saturated rings. The van der Waals surface area contributed by atoms with Crippen LogP contribution in [0.4, 0.5) is 28.9 Å². The number of aromatic carboxylic acids is 1. The van der Waals surface area contributed by atoms with Gasteiger partial charge in [-0.2, -0.15) is 13.2 Å². The summed E-state index contributed by atoms with van der Waals surface area (Å²) in [4.78, 5) is 11.3. The number of anilines is 2. The number of allylic oxidation sites excluding steroid dienone is 1. The molecule has 0 bridgehead atoms. The summed E-state index contributed by atoms with van der Waals surface area (Å²) >= 11 is 0. The maximum Gasteiger partial charge on any atom is 0.416 e. The van der Waals surface area contributed by atoms with Crippen LogP contribution < -0.4 is 5.32 Å². The molecule has 0 atom stereocenters. The molecule has 0 aromatic heterocycles. The second kappa shape index (κ2) is 7.38. The number of carboxylic acids is 1. The van der Waals surface area contributed by atoms with Gasteiger partial charge < -0.3 is 10.4 Å². The lowest BCUT2D eigenvalue weighted by Crippen LogP contribution is -2.10. The average molecular weight is 353 g/mol. The molecule has 0 amide bonds. The third-order valence-electron chi connectivity index (χ3n) is 3.53. The van der Waals surface area contributed by atoms with Crippen LogP contribution in [-0.2, 0) is 12.6 Å². The van der Waals surface area contributed by atoms with Gasteiger partial charge in [0.2, 0.25) is 0 Å². The number of carboxylic acid groups (broad SMARTS) is 1. The quantitative estimate of drug-likeness (QED) is 0.540. The molecule has 3 nitrogen and oxygen atoms in total. The zero-order chi connectivity index (χ0) is 18.6. The minimum absolute atomic E-state index is 0.00744. The van der Waals surface area contributed by atoms with Gasteiger partial charge in [-0.1, -0.05) is 6.08 Å². The Balaban J connectivity index is 2.43. The van der Waals surface area contributed by atoms with Crippen LogP contribution in [0.25, 0.3) is 0 Å². The third-order valence-corrected chi connectivity index (χ3v) is 3.53. The highest BCUT2D eigenvalue weighted by molar-refractivity contribution is 5.95. The van der Waals surface area contributed by atoms with E-state index in [1.54, 1.807) is 6.08 Å². The van der Waals surface area contributed by atoms with Crippen LogP contribution in [0.3, 0.4) is 0 Å². The molecule has 0 heterocycles. The van der Waals surface area contributed by atoms with E-state index in [4.69, 9.17) is 0 Å². The number of alkyl halides is 3. The topological polar surface area (TPSA) is 49.3 Å². The molecule has 132 valence electrons. The summed E-state index contributed by atoms with van der Waals surface area (Å²) in [6, 6.07) is 6.30. The molecule has 0 spiro atoms. The van der Waals surface area contributed by atoms with Crippen molar-refractivity contribution < 1.29 is 27.5 Å². The van der Waals surface area contributed by atoms with E-state index in [9.17, 15) is 27.5 Å². The molecule has 2 N–H and O–H groups in total. The van der Waals surface area contributed by atoms with Crippen molar-refractivity contribution >= 4 is 17.3 Å². The maximum atomic E-state index is 13.4. The molecule has 0 saturated heterocycles. The van der Waals surface area contributed by atoms with Gasteiger partial charge in [-0.15, -0.1) is 6.58 Å². The first kappa shape index (κ1) is 18.5. The van der Waals surface area contributed by atoms with Crippen molar-refractivity contribution in [2.24, 2.45) is 0 Å². The second-order valence-electron chi connectivity index (χ2n) is 5.32. The molecular weight excluding hydrogens is 338 g/mol. The number of hydrogen-bond acceptors (Lipinski definition) is 2. The van der Waals surface area contributed by atoms with Crippen molar-refractivity contribution in [3.05, 3.63) is 71.6 Å². The monoisotopic (exact) mass is 353 g/mol. The van der Waals surface area contributed by atoms with Crippen LogP contribution >= 0.6 is 0 Å². The fourth-order valence-corrected chi connectivity index (χ4v) is 2.30. The van der Waals surface area contributed by atoms with Crippen molar-refractivity contribution in [2.45, 2.75) is 19.0 Å². The molecule has 0 aliphatic heterocycles. The fourth-order valence-electron chi connectivity index (χ4n) is 2.30. The molecule has 0 unspecified atom stereocenters. The molecule has 2 aromatic rings. The Labute approximate surface area is 141 Å². The highest BCUT2D eigenvalue weighted by Crippen LogP contribution is 2.33. The summed E-state index contributed by atoms with van der Waals surface area (Å²) < 4.78 is 51.8. The predicted molar refractivity (Wildman–Crippen MR) is 86.6 cm³/mol. The van der Waals surface area contributed by atoms with E-state index in [1.165, 1.54) is 18.2 Å². The highest BCUT2D eigenvalue weighted by atomic mass is 19.4. The van der Waals surface area contributed by atoms with Crippen LogP contribution in [0.2, 0.25) is 0 Å². The number of rotatable bonds is 6. The SMILES string of the molecule is C=CCCc1cc(F)ccc1Nc1ccc(C(F)(F)F)cc1C(=O)O. The lowest BCUT2D eigenvalue weighted by atomic mass is 10.0. The van der Waals surface area contributed by atoms with Gasteiger partial charge in [-0.25, -0.2) is 9.18 Å². The van der Waals surface area contributed by atoms with Gasteiger partial charge in [0.05, 0.1) is 16.8 Å². The van der Waals surface area contributed by atoms with E-state index in [-0.39, 0.29) is 5.69 Å². The number of carbonyl (C=O) groups is 1. The summed E-state index contributed by atoms with van der Waals surface area (Å²) in [6.07, 6.45) is -1.98. The normalized spacial score (nSPS) is 11.2. The molecule has 0 radical (unpaired) electrons. The summed E-state index contributed by atoms with van der Waals surface area (Å²) in [7, 11) is 0. The van der Waals surface area contributed by atoms with E-state index in [0.717, 1.165) is 12.1 Å². The first-order valence-electron chi connectivity index (χ1n) is 7.33. The Kier molecular flexibility index (Phi) is 5.46. The Morgan fingerprint density at radius 1 is 1.16 bits per heavy atom. The molecular formula is C18H15F4NO2. The van der Waals surface area contributed by atoms with Crippen molar-refractivity contribution in [1.82, 2.24) is 0 Å². The van der Waals surface area contributed by atoms with Crippen LogP contribution in [0.5, 0.6) is 0 Å². The minimum atomic E-state index is -4.65. The van der Waals surface area contributed by atoms with E-state index < -0.39 is 29.1 Å². The van der Waals surface area contributed by atoms with Crippen LogP contribution in [0.15, 0.2) is 49.1 Å². The standard InChI is InChI=1S/C18H15F4NO2/c1-2-3-4-11-9-13(19)6-8-15(11)23-16-7-5-12(18(20,21)22)10-14(16)17(24)25/h2,5-10,23H,1,3-4H2,(H,24,25). The Morgan fingerprint density at radius 2 is 1.84 bits per heavy atom. The summed E-state index contributed by atoms with van der Waals surface area (Å²) in [5.74, 6) is -1.96. The first-order chi connectivity index (χ1) is 11.7. The van der Waals surface area contributed by atoms with Crippen molar-refractivity contribution in [3.63, 3.8) is 0 Å². The number of benzene rings is 2. The van der Waals surface area contributed by atoms with Gasteiger partial charge in [0.25, 0.3) is 0 Å². The lowest BCUT2D eigenvalue weighted by molar-refractivity contribution is -0.137. The second-order valence-corrected chi connectivity index (χ2v) is 5.32. The molecule has 2 rings (SSSR count). The molecule has 2 aromatic carbocycles. The average Bonchev–Trinajstić information content (AvgIpc) is 2.54. The maximum absolute atomic E-state index is 13.4. The molecule has 0 aliphatic rings. The Morgan fingerprint density at radius 3 is 2.44 bits per heavy atom. The van der Waals surface area contributed by atoms with Crippen molar-refractivity contribution in [2.75, 3.05) is 5.32 Å². The number of aryl methyl sites for hydroxylation is 1. The smallest absolute Gasteiger partial charge is 0.416 e. The zero-order valence-corrected chi connectivity index (χ0v) is 13.0. The molecule has 0 saturated carbocycles. The largest absolute Gasteiger partial charge is 0.478 e. The Bertz CT molecular complexity index is 800. The van der Waals surface area contributed by atoms with E-state index in [1.807, 2.05) is 0 Å². The van der Waals surface area contributed by atoms with Gasteiger partial charge in [-0.3, -0.25) is 0 Å². The number of nitrogens with one attached hydrogen (secondary N) is 1. The predicted octanol–water partition coefficient (Wildman–Crippen LogP) is 5.40. The van der Waals surface area contributed by atoms with Crippen molar-refractivity contribution in [3.8, 4) is 0 Å². The molecule has 7 heteroatoms.